The SMILES string of the molecule is O=S(=O)(Cl)c1ccccc1C1CCCCN1. The number of hydrogen-bond donors (Lipinski definition) is 1. The van der Waals surface area contributed by atoms with Crippen molar-refractivity contribution in [1.82, 2.24) is 5.32 Å². The third kappa shape index (κ3) is 2.56. The van der Waals surface area contributed by atoms with E-state index in [1.807, 2.05) is 12.1 Å². The van der Waals surface area contributed by atoms with Gasteiger partial charge in [0.1, 0.15) is 0 Å². The van der Waals surface area contributed by atoms with Crippen LogP contribution in [0.1, 0.15) is 30.9 Å². The molecule has 1 atom stereocenters. The highest BCUT2D eigenvalue weighted by molar-refractivity contribution is 8.13. The van der Waals surface area contributed by atoms with Crippen molar-refractivity contribution in [1.29, 1.82) is 0 Å². The lowest BCUT2D eigenvalue weighted by Crippen LogP contribution is -2.27. The van der Waals surface area contributed by atoms with E-state index in [1.54, 1.807) is 12.1 Å². The topological polar surface area (TPSA) is 46.2 Å². The molecule has 5 heteroatoms. The molecule has 1 aliphatic rings. The Hall–Kier alpha value is -0.580. The normalized spacial score (nSPS) is 21.9. The second-order valence-corrected chi connectivity index (χ2v) is 6.51. The van der Waals surface area contributed by atoms with E-state index in [4.69, 9.17) is 10.7 Å². The van der Waals surface area contributed by atoms with Gasteiger partial charge in [0.2, 0.25) is 0 Å². The van der Waals surface area contributed by atoms with E-state index in [0.717, 1.165) is 31.4 Å². The first-order chi connectivity index (χ1) is 7.59. The number of hydrogen-bond acceptors (Lipinski definition) is 3. The molecule has 2 rings (SSSR count). The maximum atomic E-state index is 11.4. The van der Waals surface area contributed by atoms with Gasteiger partial charge in [-0.1, -0.05) is 24.6 Å². The van der Waals surface area contributed by atoms with Crippen LogP contribution in [-0.4, -0.2) is 15.0 Å². The van der Waals surface area contributed by atoms with Crippen LogP contribution in [0.5, 0.6) is 0 Å². The van der Waals surface area contributed by atoms with Gasteiger partial charge in [0.15, 0.2) is 0 Å². The van der Waals surface area contributed by atoms with Crippen LogP contribution >= 0.6 is 10.7 Å². The first kappa shape index (κ1) is 11.9. The molecule has 16 heavy (non-hydrogen) atoms. The molecule has 88 valence electrons. The van der Waals surface area contributed by atoms with Gasteiger partial charge < -0.3 is 5.32 Å². The van der Waals surface area contributed by atoms with Crippen LogP contribution in [0, 0.1) is 0 Å². The van der Waals surface area contributed by atoms with Crippen molar-refractivity contribution in [2.24, 2.45) is 0 Å². The van der Waals surface area contributed by atoms with E-state index in [0.29, 0.717) is 0 Å². The molecule has 1 aromatic rings. The van der Waals surface area contributed by atoms with Gasteiger partial charge in [-0.15, -0.1) is 0 Å². The molecule has 1 aromatic carbocycles. The number of halogens is 1. The average Bonchev–Trinajstić information content (AvgIpc) is 2.29. The lowest BCUT2D eigenvalue weighted by molar-refractivity contribution is 0.407. The summed E-state index contributed by atoms with van der Waals surface area (Å²) in [5.41, 5.74) is 0.789. The summed E-state index contributed by atoms with van der Waals surface area (Å²) in [6, 6.07) is 7.05. The zero-order valence-electron chi connectivity index (χ0n) is 8.82. The van der Waals surface area contributed by atoms with Crippen LogP contribution < -0.4 is 5.32 Å². The fourth-order valence-corrected chi connectivity index (χ4v) is 3.26. The third-order valence-corrected chi connectivity index (χ3v) is 4.26. The summed E-state index contributed by atoms with van der Waals surface area (Å²) in [4.78, 5) is 0.232. The number of rotatable bonds is 2. The van der Waals surface area contributed by atoms with Crippen LogP contribution in [-0.2, 0) is 9.05 Å². The summed E-state index contributed by atoms with van der Waals surface area (Å²) < 4.78 is 22.9. The number of nitrogens with one attached hydrogen (secondary N) is 1. The van der Waals surface area contributed by atoms with Crippen molar-refractivity contribution >= 4 is 19.7 Å². The highest BCUT2D eigenvalue weighted by Gasteiger charge is 2.22. The van der Waals surface area contributed by atoms with Crippen molar-refractivity contribution in [2.45, 2.75) is 30.2 Å². The second kappa shape index (κ2) is 4.73. The van der Waals surface area contributed by atoms with Crippen molar-refractivity contribution in [2.75, 3.05) is 6.54 Å². The minimum Gasteiger partial charge on any atom is -0.310 e. The molecule has 1 N–H and O–H groups in total. The fourth-order valence-electron chi connectivity index (χ4n) is 2.11. The maximum absolute atomic E-state index is 11.4. The van der Waals surface area contributed by atoms with Gasteiger partial charge in [-0.2, -0.15) is 0 Å². The van der Waals surface area contributed by atoms with Crippen molar-refractivity contribution < 1.29 is 8.42 Å². The van der Waals surface area contributed by atoms with Crippen molar-refractivity contribution in [3.8, 4) is 0 Å². The molecule has 0 aromatic heterocycles. The molecule has 0 radical (unpaired) electrons. The molecule has 0 saturated carbocycles. The molecule has 0 amide bonds. The smallest absolute Gasteiger partial charge is 0.261 e. The molecule has 3 nitrogen and oxygen atoms in total. The molecule has 0 aliphatic carbocycles. The largest absolute Gasteiger partial charge is 0.310 e. The number of piperidine rings is 1. The minimum atomic E-state index is -3.65. The van der Waals surface area contributed by atoms with E-state index >= 15 is 0 Å². The van der Waals surface area contributed by atoms with E-state index in [1.165, 1.54) is 0 Å². The van der Waals surface area contributed by atoms with Crippen molar-refractivity contribution in [3.63, 3.8) is 0 Å². The van der Waals surface area contributed by atoms with Gasteiger partial charge in [0.05, 0.1) is 4.90 Å². The first-order valence-electron chi connectivity index (χ1n) is 5.36. The van der Waals surface area contributed by atoms with Crippen LogP contribution in [0.2, 0.25) is 0 Å². The zero-order chi connectivity index (χ0) is 11.6. The molecule has 1 heterocycles. The standard InChI is InChI=1S/C11H14ClNO2S/c12-16(14,15)11-7-2-1-5-9(11)10-6-3-4-8-13-10/h1-2,5,7,10,13H,3-4,6,8H2. The van der Waals surface area contributed by atoms with E-state index in [-0.39, 0.29) is 10.9 Å². The van der Waals surface area contributed by atoms with Crippen LogP contribution in [0.25, 0.3) is 0 Å². The maximum Gasteiger partial charge on any atom is 0.261 e. The van der Waals surface area contributed by atoms with E-state index in [2.05, 4.69) is 5.32 Å². The molecule has 1 unspecified atom stereocenters. The molecule has 0 spiro atoms. The predicted octanol–water partition coefficient (Wildman–Crippen LogP) is 2.43. The lowest BCUT2D eigenvalue weighted by Gasteiger charge is -2.25. The quantitative estimate of drug-likeness (QED) is 0.830. The van der Waals surface area contributed by atoms with Crippen molar-refractivity contribution in [3.05, 3.63) is 29.8 Å². The minimum absolute atomic E-state index is 0.110. The summed E-state index contributed by atoms with van der Waals surface area (Å²) in [6.07, 6.45) is 3.23. The summed E-state index contributed by atoms with van der Waals surface area (Å²) in [5.74, 6) is 0. The Kier molecular flexibility index (Phi) is 3.52. The van der Waals surface area contributed by atoms with Gasteiger partial charge in [0.25, 0.3) is 9.05 Å². The Morgan fingerprint density at radius 2 is 2.00 bits per heavy atom. The average molecular weight is 260 g/mol. The Bertz CT molecular complexity index is 467. The summed E-state index contributed by atoms with van der Waals surface area (Å²) in [6.45, 7) is 0.932. The summed E-state index contributed by atoms with van der Waals surface area (Å²) in [5, 5.41) is 3.32. The van der Waals surface area contributed by atoms with Gasteiger partial charge in [-0.05, 0) is 31.0 Å². The molecule has 1 fully saturated rings. The second-order valence-electron chi connectivity index (χ2n) is 3.98. The highest BCUT2D eigenvalue weighted by atomic mass is 35.7. The number of benzene rings is 1. The van der Waals surface area contributed by atoms with Crippen LogP contribution in [0.3, 0.4) is 0 Å². The third-order valence-electron chi connectivity index (χ3n) is 2.87. The molecule has 1 aliphatic heterocycles. The van der Waals surface area contributed by atoms with Crippen LogP contribution in [0.15, 0.2) is 29.2 Å². The Morgan fingerprint density at radius 3 is 2.62 bits per heavy atom. The molecule has 0 bridgehead atoms. The summed E-state index contributed by atoms with van der Waals surface area (Å²) in [7, 11) is 1.78. The lowest BCUT2D eigenvalue weighted by atomic mass is 9.98. The summed E-state index contributed by atoms with van der Waals surface area (Å²) >= 11 is 0. The Balaban J connectivity index is 2.40. The molecular weight excluding hydrogens is 246 g/mol. The first-order valence-corrected chi connectivity index (χ1v) is 7.67. The Morgan fingerprint density at radius 1 is 1.25 bits per heavy atom. The van der Waals surface area contributed by atoms with E-state index in [9.17, 15) is 8.42 Å². The van der Waals surface area contributed by atoms with Gasteiger partial charge >= 0.3 is 0 Å². The van der Waals surface area contributed by atoms with Crippen LogP contribution in [0.4, 0.5) is 0 Å². The molecular formula is C11H14ClNO2S. The Labute approximate surface area is 100 Å². The predicted molar refractivity (Wildman–Crippen MR) is 64.1 cm³/mol. The highest BCUT2D eigenvalue weighted by Crippen LogP contribution is 2.29. The molecule has 1 saturated heterocycles. The van der Waals surface area contributed by atoms with Gasteiger partial charge in [0, 0.05) is 16.7 Å². The van der Waals surface area contributed by atoms with Gasteiger partial charge in [-0.3, -0.25) is 0 Å². The fraction of sp³-hybridized carbons (Fsp3) is 0.455. The van der Waals surface area contributed by atoms with E-state index < -0.39 is 9.05 Å². The van der Waals surface area contributed by atoms with Gasteiger partial charge in [-0.25, -0.2) is 8.42 Å². The zero-order valence-corrected chi connectivity index (χ0v) is 10.4. The monoisotopic (exact) mass is 259 g/mol.